The van der Waals surface area contributed by atoms with Crippen LogP contribution in [0.1, 0.15) is 23.0 Å². The number of aromatic carboxylic acids is 1. The highest BCUT2D eigenvalue weighted by molar-refractivity contribution is 7.99. The van der Waals surface area contributed by atoms with Gasteiger partial charge in [0.1, 0.15) is 5.69 Å². The lowest BCUT2D eigenvalue weighted by molar-refractivity contribution is 0.0690. The number of carboxylic acids is 1. The lowest BCUT2D eigenvalue weighted by Crippen LogP contribution is -2.49. The summed E-state index contributed by atoms with van der Waals surface area (Å²) in [6.45, 7) is 3.14. The van der Waals surface area contributed by atoms with Crippen molar-refractivity contribution in [2.24, 2.45) is 0 Å². The first-order valence-electron chi connectivity index (χ1n) is 6.38. The summed E-state index contributed by atoms with van der Waals surface area (Å²) in [5.41, 5.74) is 0.782. The molecular weight excluding hydrogens is 278 g/mol. The number of nitrogens with zero attached hydrogens (tertiary/aromatic N) is 2. The monoisotopic (exact) mass is 295 g/mol. The largest absolute Gasteiger partial charge is 0.477 e. The number of hydrogen-bond acceptors (Lipinski definition) is 4. The van der Waals surface area contributed by atoms with Gasteiger partial charge in [0.15, 0.2) is 0 Å². The normalized spacial score (nSPS) is 18.6. The summed E-state index contributed by atoms with van der Waals surface area (Å²) in [6, 6.07) is 3.25. The molecule has 1 fully saturated rings. The fourth-order valence-corrected chi connectivity index (χ4v) is 2.98. The molecule has 2 heterocycles. The van der Waals surface area contributed by atoms with Crippen LogP contribution in [0.25, 0.3) is 0 Å². The molecule has 1 aliphatic rings. The van der Waals surface area contributed by atoms with Gasteiger partial charge in [-0.2, -0.15) is 11.8 Å². The molecule has 1 aromatic heterocycles. The van der Waals surface area contributed by atoms with Gasteiger partial charge in [-0.25, -0.2) is 14.6 Å². The molecule has 0 spiro atoms. The number of pyridine rings is 1. The fourth-order valence-electron chi connectivity index (χ4n) is 1.96. The van der Waals surface area contributed by atoms with Crippen molar-refractivity contribution in [2.45, 2.75) is 19.5 Å². The predicted molar refractivity (Wildman–Crippen MR) is 76.9 cm³/mol. The van der Waals surface area contributed by atoms with Gasteiger partial charge in [0.25, 0.3) is 0 Å². The van der Waals surface area contributed by atoms with E-state index in [0.29, 0.717) is 6.54 Å². The maximum absolute atomic E-state index is 12.0. The van der Waals surface area contributed by atoms with Gasteiger partial charge in [0, 0.05) is 36.8 Å². The van der Waals surface area contributed by atoms with Crippen molar-refractivity contribution >= 4 is 23.8 Å². The Morgan fingerprint density at radius 1 is 1.55 bits per heavy atom. The highest BCUT2D eigenvalue weighted by Crippen LogP contribution is 2.15. The van der Waals surface area contributed by atoms with Gasteiger partial charge in [0.05, 0.1) is 0 Å². The summed E-state index contributed by atoms with van der Waals surface area (Å²) >= 11 is 1.86. The van der Waals surface area contributed by atoms with E-state index in [0.717, 1.165) is 23.6 Å². The molecule has 0 aliphatic carbocycles. The Kier molecular flexibility index (Phi) is 4.84. The Morgan fingerprint density at radius 3 is 2.95 bits per heavy atom. The molecule has 2 N–H and O–H groups in total. The van der Waals surface area contributed by atoms with Gasteiger partial charge in [-0.1, -0.05) is 6.07 Å². The van der Waals surface area contributed by atoms with Crippen molar-refractivity contribution < 1.29 is 14.7 Å². The molecule has 20 heavy (non-hydrogen) atoms. The van der Waals surface area contributed by atoms with E-state index in [1.165, 1.54) is 12.3 Å². The molecule has 0 bridgehead atoms. The average molecular weight is 295 g/mol. The molecule has 1 unspecified atom stereocenters. The minimum Gasteiger partial charge on any atom is -0.477 e. The number of carboxylic acid groups (broad SMARTS) is 1. The summed E-state index contributed by atoms with van der Waals surface area (Å²) in [4.78, 5) is 28.4. The zero-order valence-electron chi connectivity index (χ0n) is 11.2. The molecule has 1 aromatic rings. The molecule has 0 radical (unpaired) electrons. The lowest BCUT2D eigenvalue weighted by atomic mass is 10.2. The lowest BCUT2D eigenvalue weighted by Gasteiger charge is -2.33. The third-order valence-electron chi connectivity index (χ3n) is 3.12. The molecule has 108 valence electrons. The van der Waals surface area contributed by atoms with E-state index in [9.17, 15) is 9.59 Å². The molecule has 1 aliphatic heterocycles. The van der Waals surface area contributed by atoms with E-state index in [4.69, 9.17) is 5.11 Å². The van der Waals surface area contributed by atoms with Gasteiger partial charge in [-0.15, -0.1) is 0 Å². The van der Waals surface area contributed by atoms with E-state index in [1.807, 2.05) is 23.6 Å². The predicted octanol–water partition coefficient (Wildman–Crippen LogP) is 1.43. The molecular formula is C13H17N3O3S. The third-order valence-corrected chi connectivity index (χ3v) is 4.31. The van der Waals surface area contributed by atoms with Gasteiger partial charge < -0.3 is 15.3 Å². The Hall–Kier alpha value is -1.76. The number of aromatic nitrogens is 1. The van der Waals surface area contributed by atoms with Gasteiger partial charge in [0.2, 0.25) is 0 Å². The van der Waals surface area contributed by atoms with Crippen LogP contribution in [0.2, 0.25) is 0 Å². The fraction of sp³-hybridized carbons (Fsp3) is 0.462. The van der Waals surface area contributed by atoms with Crippen LogP contribution < -0.4 is 5.32 Å². The Morgan fingerprint density at radius 2 is 2.35 bits per heavy atom. The van der Waals surface area contributed by atoms with Crippen molar-refractivity contribution in [1.29, 1.82) is 0 Å². The summed E-state index contributed by atoms with van der Waals surface area (Å²) in [5.74, 6) is 0.870. The first kappa shape index (κ1) is 14.6. The molecule has 7 heteroatoms. The SMILES string of the molecule is CC1CSCCN1C(=O)NCc1ccc(C(=O)O)nc1. The summed E-state index contributed by atoms with van der Waals surface area (Å²) in [5, 5.41) is 11.6. The number of nitrogens with one attached hydrogen (secondary N) is 1. The van der Waals surface area contributed by atoms with Crippen LogP contribution in [0.5, 0.6) is 0 Å². The quantitative estimate of drug-likeness (QED) is 0.881. The first-order valence-corrected chi connectivity index (χ1v) is 7.54. The smallest absolute Gasteiger partial charge is 0.354 e. The number of hydrogen-bond donors (Lipinski definition) is 2. The zero-order chi connectivity index (χ0) is 14.5. The summed E-state index contributed by atoms with van der Waals surface area (Å²) in [7, 11) is 0. The topological polar surface area (TPSA) is 82.5 Å². The van der Waals surface area contributed by atoms with Crippen LogP contribution in [0.4, 0.5) is 4.79 Å². The molecule has 1 saturated heterocycles. The number of rotatable bonds is 3. The van der Waals surface area contributed by atoms with Crippen molar-refractivity contribution in [2.75, 3.05) is 18.1 Å². The van der Waals surface area contributed by atoms with Crippen molar-refractivity contribution in [3.05, 3.63) is 29.6 Å². The minimum absolute atomic E-state index is 0.00162. The second-order valence-corrected chi connectivity index (χ2v) is 5.78. The molecule has 0 aromatic carbocycles. The maximum Gasteiger partial charge on any atom is 0.354 e. The number of carbonyl (C=O) groups excluding carboxylic acids is 1. The van der Waals surface area contributed by atoms with E-state index in [-0.39, 0.29) is 17.8 Å². The van der Waals surface area contributed by atoms with Crippen molar-refractivity contribution in [3.8, 4) is 0 Å². The van der Waals surface area contributed by atoms with Crippen LogP contribution in [-0.2, 0) is 6.54 Å². The molecule has 2 amide bonds. The number of carbonyl (C=O) groups is 2. The number of urea groups is 1. The maximum atomic E-state index is 12.0. The van der Waals surface area contributed by atoms with E-state index in [1.54, 1.807) is 6.07 Å². The standard InChI is InChI=1S/C13H17N3O3S/c1-9-8-20-5-4-16(9)13(19)15-7-10-2-3-11(12(17)18)14-6-10/h2-3,6,9H,4-5,7-8H2,1H3,(H,15,19)(H,17,18). The number of thioether (sulfide) groups is 1. The zero-order valence-corrected chi connectivity index (χ0v) is 12.0. The second kappa shape index (κ2) is 6.60. The van der Waals surface area contributed by atoms with Crippen LogP contribution in [0.3, 0.4) is 0 Å². The average Bonchev–Trinajstić information content (AvgIpc) is 2.45. The highest BCUT2D eigenvalue weighted by atomic mass is 32.2. The van der Waals surface area contributed by atoms with Crippen molar-refractivity contribution in [1.82, 2.24) is 15.2 Å². The van der Waals surface area contributed by atoms with E-state index >= 15 is 0 Å². The van der Waals surface area contributed by atoms with Gasteiger partial charge >= 0.3 is 12.0 Å². The van der Waals surface area contributed by atoms with Gasteiger partial charge in [-0.05, 0) is 18.6 Å². The Balaban J connectivity index is 1.88. The van der Waals surface area contributed by atoms with Gasteiger partial charge in [-0.3, -0.25) is 0 Å². The molecule has 0 saturated carbocycles. The highest BCUT2D eigenvalue weighted by Gasteiger charge is 2.23. The Labute approximate surface area is 121 Å². The van der Waals surface area contributed by atoms with Crippen LogP contribution in [0, 0.1) is 0 Å². The minimum atomic E-state index is -1.06. The second-order valence-electron chi connectivity index (χ2n) is 4.63. The molecule has 6 nitrogen and oxygen atoms in total. The van der Waals surface area contributed by atoms with E-state index < -0.39 is 5.97 Å². The number of amides is 2. The van der Waals surface area contributed by atoms with Crippen LogP contribution in [0.15, 0.2) is 18.3 Å². The van der Waals surface area contributed by atoms with Crippen LogP contribution >= 0.6 is 11.8 Å². The third kappa shape index (κ3) is 3.63. The summed E-state index contributed by atoms with van der Waals surface area (Å²) < 4.78 is 0. The molecule has 2 rings (SSSR count). The van der Waals surface area contributed by atoms with E-state index in [2.05, 4.69) is 10.3 Å². The Bertz CT molecular complexity index is 492. The van der Waals surface area contributed by atoms with Crippen LogP contribution in [-0.4, -0.2) is 51.1 Å². The summed E-state index contributed by atoms with van der Waals surface area (Å²) in [6.07, 6.45) is 1.47. The first-order chi connectivity index (χ1) is 9.58. The molecule has 1 atom stereocenters. The van der Waals surface area contributed by atoms with Crippen molar-refractivity contribution in [3.63, 3.8) is 0 Å².